The molecule has 3 nitrogen and oxygen atoms in total. The molecular formula is C16H15BrFNO2. The molecule has 0 aliphatic heterocycles. The molecule has 0 saturated carbocycles. The van der Waals surface area contributed by atoms with Crippen LogP contribution in [0.5, 0.6) is 0 Å². The Labute approximate surface area is 131 Å². The molecule has 0 spiro atoms. The molecule has 0 saturated heterocycles. The fraction of sp³-hybridized carbons (Fsp3) is 0.188. The summed E-state index contributed by atoms with van der Waals surface area (Å²) < 4.78 is 18.6. The van der Waals surface area contributed by atoms with Gasteiger partial charge in [0.15, 0.2) is 0 Å². The molecule has 0 aromatic heterocycles. The van der Waals surface area contributed by atoms with Gasteiger partial charge >= 0.3 is 5.97 Å². The van der Waals surface area contributed by atoms with E-state index in [-0.39, 0.29) is 11.8 Å². The van der Waals surface area contributed by atoms with Crippen molar-refractivity contribution in [2.75, 3.05) is 12.4 Å². The number of methoxy groups -OCH3 is 1. The molecular weight excluding hydrogens is 337 g/mol. The summed E-state index contributed by atoms with van der Waals surface area (Å²) in [5.41, 5.74) is 3.17. The highest BCUT2D eigenvalue weighted by molar-refractivity contribution is 9.10. The van der Waals surface area contributed by atoms with Gasteiger partial charge in [0, 0.05) is 12.2 Å². The van der Waals surface area contributed by atoms with Crippen LogP contribution in [-0.2, 0) is 11.3 Å². The van der Waals surface area contributed by atoms with Gasteiger partial charge in [-0.2, -0.15) is 0 Å². The van der Waals surface area contributed by atoms with Crippen molar-refractivity contribution in [2.24, 2.45) is 0 Å². The topological polar surface area (TPSA) is 38.3 Å². The van der Waals surface area contributed by atoms with Crippen molar-refractivity contribution in [1.82, 2.24) is 0 Å². The molecule has 0 bridgehead atoms. The number of carbonyl (C=O) groups excluding carboxylic acids is 1. The Morgan fingerprint density at radius 3 is 2.67 bits per heavy atom. The number of benzene rings is 2. The zero-order valence-corrected chi connectivity index (χ0v) is 13.3. The maximum Gasteiger partial charge on any atom is 0.337 e. The van der Waals surface area contributed by atoms with Crippen LogP contribution in [0.1, 0.15) is 21.5 Å². The van der Waals surface area contributed by atoms with Crippen LogP contribution < -0.4 is 5.32 Å². The molecule has 110 valence electrons. The van der Waals surface area contributed by atoms with Crippen molar-refractivity contribution in [3.8, 4) is 0 Å². The average Bonchev–Trinajstić information content (AvgIpc) is 2.48. The summed E-state index contributed by atoms with van der Waals surface area (Å²) in [6.45, 7) is 2.40. The Hall–Kier alpha value is -1.88. The van der Waals surface area contributed by atoms with Crippen LogP contribution in [-0.4, -0.2) is 13.1 Å². The minimum atomic E-state index is -0.361. The van der Waals surface area contributed by atoms with E-state index in [1.54, 1.807) is 18.2 Å². The number of carbonyl (C=O) groups is 1. The number of ether oxygens (including phenoxy) is 1. The molecule has 0 radical (unpaired) electrons. The third-order valence-electron chi connectivity index (χ3n) is 3.11. The second-order valence-corrected chi connectivity index (χ2v) is 5.48. The lowest BCUT2D eigenvalue weighted by molar-refractivity contribution is 0.0600. The van der Waals surface area contributed by atoms with Crippen molar-refractivity contribution in [2.45, 2.75) is 13.5 Å². The Balaban J connectivity index is 2.09. The number of hydrogen-bond acceptors (Lipinski definition) is 3. The summed E-state index contributed by atoms with van der Waals surface area (Å²) >= 11 is 3.13. The van der Waals surface area contributed by atoms with Crippen molar-refractivity contribution in [3.05, 3.63) is 63.4 Å². The molecule has 0 unspecified atom stereocenters. The quantitative estimate of drug-likeness (QED) is 0.834. The highest BCUT2D eigenvalue weighted by atomic mass is 79.9. The summed E-state index contributed by atoms with van der Waals surface area (Å²) in [6.07, 6.45) is 0. The molecule has 5 heteroatoms. The second-order valence-electron chi connectivity index (χ2n) is 4.62. The van der Waals surface area contributed by atoms with Gasteiger partial charge in [-0.3, -0.25) is 0 Å². The van der Waals surface area contributed by atoms with Gasteiger partial charge in [-0.1, -0.05) is 6.07 Å². The molecule has 0 aliphatic carbocycles. The molecule has 0 amide bonds. The van der Waals surface area contributed by atoms with Crippen LogP contribution in [0.3, 0.4) is 0 Å². The lowest BCUT2D eigenvalue weighted by Gasteiger charge is -2.11. The lowest BCUT2D eigenvalue weighted by Crippen LogP contribution is -2.05. The number of rotatable bonds is 4. The van der Waals surface area contributed by atoms with E-state index in [0.717, 1.165) is 16.8 Å². The van der Waals surface area contributed by atoms with Gasteiger partial charge in [-0.05, 0) is 64.3 Å². The molecule has 21 heavy (non-hydrogen) atoms. The van der Waals surface area contributed by atoms with Crippen molar-refractivity contribution in [3.63, 3.8) is 0 Å². The molecule has 2 rings (SSSR count). The van der Waals surface area contributed by atoms with E-state index in [0.29, 0.717) is 16.6 Å². The first-order valence-corrected chi connectivity index (χ1v) is 7.17. The monoisotopic (exact) mass is 351 g/mol. The van der Waals surface area contributed by atoms with Crippen molar-refractivity contribution >= 4 is 27.6 Å². The normalized spacial score (nSPS) is 10.3. The van der Waals surface area contributed by atoms with Crippen LogP contribution in [0.2, 0.25) is 0 Å². The SMILES string of the molecule is COC(=O)c1ccc(NCc2ccc(Br)c(F)c2)c(C)c1. The van der Waals surface area contributed by atoms with Gasteiger partial charge in [0.05, 0.1) is 17.1 Å². The van der Waals surface area contributed by atoms with Crippen LogP contribution in [0.4, 0.5) is 10.1 Å². The van der Waals surface area contributed by atoms with Gasteiger partial charge in [-0.15, -0.1) is 0 Å². The van der Waals surface area contributed by atoms with Gasteiger partial charge in [0.1, 0.15) is 5.82 Å². The summed E-state index contributed by atoms with van der Waals surface area (Å²) in [5.74, 6) is -0.647. The first kappa shape index (κ1) is 15.5. The number of anilines is 1. The van der Waals surface area contributed by atoms with E-state index in [1.807, 2.05) is 19.1 Å². The Morgan fingerprint density at radius 1 is 1.29 bits per heavy atom. The van der Waals surface area contributed by atoms with E-state index in [1.165, 1.54) is 13.2 Å². The van der Waals surface area contributed by atoms with Crippen LogP contribution in [0.25, 0.3) is 0 Å². The number of aryl methyl sites for hydroxylation is 1. The van der Waals surface area contributed by atoms with E-state index in [2.05, 4.69) is 26.0 Å². The van der Waals surface area contributed by atoms with E-state index < -0.39 is 0 Å². The molecule has 2 aromatic carbocycles. The Morgan fingerprint density at radius 2 is 2.05 bits per heavy atom. The molecule has 0 aliphatic rings. The third kappa shape index (κ3) is 3.82. The summed E-state index contributed by atoms with van der Waals surface area (Å²) in [4.78, 5) is 11.4. The van der Waals surface area contributed by atoms with Gasteiger partial charge < -0.3 is 10.1 Å². The zero-order chi connectivity index (χ0) is 15.4. The predicted molar refractivity (Wildman–Crippen MR) is 83.9 cm³/mol. The summed E-state index contributed by atoms with van der Waals surface area (Å²) in [6, 6.07) is 10.3. The maximum absolute atomic E-state index is 13.4. The van der Waals surface area contributed by atoms with E-state index >= 15 is 0 Å². The smallest absolute Gasteiger partial charge is 0.337 e. The lowest BCUT2D eigenvalue weighted by atomic mass is 10.1. The first-order valence-electron chi connectivity index (χ1n) is 6.38. The third-order valence-corrected chi connectivity index (χ3v) is 3.76. The Kier molecular flexibility index (Phi) is 4.96. The van der Waals surface area contributed by atoms with E-state index in [9.17, 15) is 9.18 Å². The average molecular weight is 352 g/mol. The largest absolute Gasteiger partial charge is 0.465 e. The van der Waals surface area contributed by atoms with Gasteiger partial charge in [0.2, 0.25) is 0 Å². The number of hydrogen-bond donors (Lipinski definition) is 1. The van der Waals surface area contributed by atoms with Gasteiger partial charge in [-0.25, -0.2) is 9.18 Å². The van der Waals surface area contributed by atoms with Gasteiger partial charge in [0.25, 0.3) is 0 Å². The van der Waals surface area contributed by atoms with Crippen LogP contribution >= 0.6 is 15.9 Å². The Bertz CT molecular complexity index is 673. The minimum absolute atomic E-state index is 0.285. The molecule has 0 atom stereocenters. The number of esters is 1. The maximum atomic E-state index is 13.4. The van der Waals surface area contributed by atoms with Crippen LogP contribution in [0, 0.1) is 12.7 Å². The molecule has 1 N–H and O–H groups in total. The summed E-state index contributed by atoms with van der Waals surface area (Å²) in [7, 11) is 1.35. The molecule has 0 heterocycles. The zero-order valence-electron chi connectivity index (χ0n) is 11.7. The fourth-order valence-electron chi connectivity index (χ4n) is 1.95. The standard InChI is InChI=1S/C16H15BrFNO2/c1-10-7-12(16(20)21-2)4-6-15(10)19-9-11-3-5-13(17)14(18)8-11/h3-8,19H,9H2,1-2H3. The van der Waals surface area contributed by atoms with E-state index in [4.69, 9.17) is 0 Å². The van der Waals surface area contributed by atoms with Crippen molar-refractivity contribution in [1.29, 1.82) is 0 Å². The summed E-state index contributed by atoms with van der Waals surface area (Å²) in [5, 5.41) is 3.23. The predicted octanol–water partition coefficient (Wildman–Crippen LogP) is 4.30. The minimum Gasteiger partial charge on any atom is -0.465 e. The van der Waals surface area contributed by atoms with Crippen LogP contribution in [0.15, 0.2) is 40.9 Å². The molecule has 2 aromatic rings. The number of nitrogens with one attached hydrogen (secondary N) is 1. The number of halogens is 2. The fourth-order valence-corrected chi connectivity index (χ4v) is 2.20. The second kappa shape index (κ2) is 6.72. The highest BCUT2D eigenvalue weighted by Gasteiger charge is 2.07. The highest BCUT2D eigenvalue weighted by Crippen LogP contribution is 2.20. The van der Waals surface area contributed by atoms with Crippen molar-refractivity contribution < 1.29 is 13.9 Å². The molecule has 0 fully saturated rings. The first-order chi connectivity index (χ1) is 10.0.